The zero-order chi connectivity index (χ0) is 13.6. The van der Waals surface area contributed by atoms with Gasteiger partial charge in [0, 0.05) is 13.2 Å². The van der Waals surface area contributed by atoms with Crippen molar-refractivity contribution < 1.29 is 9.53 Å². The second-order valence-corrected chi connectivity index (χ2v) is 5.65. The SMILES string of the molecule is CCOC(CCNC(=O)C1(N)CCCC1)C(C)C.Cl. The van der Waals surface area contributed by atoms with Gasteiger partial charge in [-0.25, -0.2) is 0 Å². The molecule has 1 saturated carbocycles. The molecule has 0 aromatic heterocycles. The van der Waals surface area contributed by atoms with Crippen molar-refractivity contribution in [1.29, 1.82) is 0 Å². The number of carbonyl (C=O) groups is 1. The van der Waals surface area contributed by atoms with Crippen molar-refractivity contribution in [2.24, 2.45) is 11.7 Å². The van der Waals surface area contributed by atoms with Crippen LogP contribution in [0, 0.1) is 5.92 Å². The highest BCUT2D eigenvalue weighted by atomic mass is 35.5. The van der Waals surface area contributed by atoms with Crippen LogP contribution >= 0.6 is 12.4 Å². The molecule has 1 fully saturated rings. The second kappa shape index (κ2) is 8.77. The average molecular weight is 293 g/mol. The van der Waals surface area contributed by atoms with E-state index in [1.165, 1.54) is 0 Å². The fourth-order valence-corrected chi connectivity index (χ4v) is 2.56. The van der Waals surface area contributed by atoms with Crippen molar-refractivity contribution in [1.82, 2.24) is 5.32 Å². The van der Waals surface area contributed by atoms with Gasteiger partial charge in [-0.3, -0.25) is 4.79 Å². The summed E-state index contributed by atoms with van der Waals surface area (Å²) in [6.07, 6.45) is 4.84. The number of hydrogen-bond acceptors (Lipinski definition) is 3. The van der Waals surface area contributed by atoms with E-state index in [1.54, 1.807) is 0 Å². The minimum atomic E-state index is -0.612. The Morgan fingerprint density at radius 1 is 1.37 bits per heavy atom. The Hall–Kier alpha value is -0.320. The molecule has 4 nitrogen and oxygen atoms in total. The maximum atomic E-state index is 12.0. The van der Waals surface area contributed by atoms with Gasteiger partial charge in [-0.15, -0.1) is 12.4 Å². The number of hydrogen-bond donors (Lipinski definition) is 2. The van der Waals surface area contributed by atoms with Gasteiger partial charge in [0.15, 0.2) is 0 Å². The molecule has 0 bridgehead atoms. The third-order valence-electron chi connectivity index (χ3n) is 3.79. The van der Waals surface area contributed by atoms with Crippen molar-refractivity contribution in [3.05, 3.63) is 0 Å². The summed E-state index contributed by atoms with van der Waals surface area (Å²) in [7, 11) is 0. The number of rotatable bonds is 7. The summed E-state index contributed by atoms with van der Waals surface area (Å²) < 4.78 is 5.65. The molecule has 1 amide bonds. The Balaban J connectivity index is 0.00000324. The van der Waals surface area contributed by atoms with E-state index in [-0.39, 0.29) is 24.4 Å². The molecule has 0 aliphatic heterocycles. The monoisotopic (exact) mass is 292 g/mol. The van der Waals surface area contributed by atoms with Crippen LogP contribution in [0.15, 0.2) is 0 Å². The minimum absolute atomic E-state index is 0. The van der Waals surface area contributed by atoms with Crippen LogP contribution in [-0.2, 0) is 9.53 Å². The fourth-order valence-electron chi connectivity index (χ4n) is 2.56. The molecular formula is C14H29ClN2O2. The molecule has 1 aliphatic rings. The Morgan fingerprint density at radius 3 is 2.42 bits per heavy atom. The van der Waals surface area contributed by atoms with Gasteiger partial charge in [0.25, 0.3) is 0 Å². The van der Waals surface area contributed by atoms with Crippen LogP contribution in [0.2, 0.25) is 0 Å². The van der Waals surface area contributed by atoms with E-state index in [2.05, 4.69) is 19.2 Å². The molecular weight excluding hydrogens is 264 g/mol. The highest BCUT2D eigenvalue weighted by molar-refractivity contribution is 5.86. The number of nitrogens with one attached hydrogen (secondary N) is 1. The van der Waals surface area contributed by atoms with Crippen molar-refractivity contribution >= 4 is 18.3 Å². The predicted octanol–water partition coefficient (Wildman–Crippen LogP) is 2.25. The number of halogens is 1. The van der Waals surface area contributed by atoms with E-state index in [9.17, 15) is 4.79 Å². The van der Waals surface area contributed by atoms with Crippen molar-refractivity contribution in [3.63, 3.8) is 0 Å². The molecule has 1 rings (SSSR count). The van der Waals surface area contributed by atoms with E-state index < -0.39 is 5.54 Å². The molecule has 1 atom stereocenters. The standard InChI is InChI=1S/C14H28N2O2.ClH/c1-4-18-12(11(2)3)7-10-16-13(17)14(15)8-5-6-9-14;/h11-12H,4-10,15H2,1-3H3,(H,16,17);1H. The smallest absolute Gasteiger partial charge is 0.240 e. The Labute approximate surface area is 123 Å². The number of amides is 1. The zero-order valence-electron chi connectivity index (χ0n) is 12.4. The molecule has 1 aliphatic carbocycles. The van der Waals surface area contributed by atoms with Gasteiger partial charge in [-0.1, -0.05) is 26.7 Å². The largest absolute Gasteiger partial charge is 0.378 e. The van der Waals surface area contributed by atoms with Gasteiger partial charge in [-0.2, -0.15) is 0 Å². The summed E-state index contributed by atoms with van der Waals surface area (Å²) in [4.78, 5) is 12.0. The van der Waals surface area contributed by atoms with E-state index in [0.29, 0.717) is 12.5 Å². The second-order valence-electron chi connectivity index (χ2n) is 5.65. The van der Waals surface area contributed by atoms with Crippen molar-refractivity contribution in [2.45, 2.75) is 64.5 Å². The van der Waals surface area contributed by atoms with Crippen LogP contribution in [0.1, 0.15) is 52.9 Å². The summed E-state index contributed by atoms with van der Waals surface area (Å²) >= 11 is 0. The lowest BCUT2D eigenvalue weighted by atomic mass is 9.98. The van der Waals surface area contributed by atoms with Gasteiger partial charge in [0.05, 0.1) is 11.6 Å². The zero-order valence-corrected chi connectivity index (χ0v) is 13.2. The van der Waals surface area contributed by atoms with Gasteiger partial charge in [0.1, 0.15) is 0 Å². The van der Waals surface area contributed by atoms with E-state index >= 15 is 0 Å². The number of ether oxygens (including phenoxy) is 1. The van der Waals surface area contributed by atoms with Gasteiger partial charge in [-0.05, 0) is 32.1 Å². The van der Waals surface area contributed by atoms with Gasteiger partial charge in [0.2, 0.25) is 5.91 Å². The fraction of sp³-hybridized carbons (Fsp3) is 0.929. The summed E-state index contributed by atoms with van der Waals surface area (Å²) in [5, 5.41) is 2.96. The highest BCUT2D eigenvalue weighted by Gasteiger charge is 2.36. The quantitative estimate of drug-likeness (QED) is 0.756. The Bertz CT molecular complexity index is 266. The lowest BCUT2D eigenvalue weighted by molar-refractivity contribution is -0.126. The normalized spacial score (nSPS) is 19.0. The van der Waals surface area contributed by atoms with Crippen molar-refractivity contribution in [2.75, 3.05) is 13.2 Å². The number of nitrogens with two attached hydrogens (primary N) is 1. The first-order valence-corrected chi connectivity index (χ1v) is 7.18. The van der Waals surface area contributed by atoms with Crippen LogP contribution in [0.4, 0.5) is 0 Å². The van der Waals surface area contributed by atoms with Crippen molar-refractivity contribution in [3.8, 4) is 0 Å². The Kier molecular flexibility index (Phi) is 8.62. The minimum Gasteiger partial charge on any atom is -0.378 e. The predicted molar refractivity (Wildman–Crippen MR) is 80.5 cm³/mol. The molecule has 0 heterocycles. The van der Waals surface area contributed by atoms with Gasteiger partial charge >= 0.3 is 0 Å². The first-order chi connectivity index (χ1) is 8.49. The average Bonchev–Trinajstić information content (AvgIpc) is 2.76. The molecule has 114 valence electrons. The molecule has 0 spiro atoms. The maximum Gasteiger partial charge on any atom is 0.240 e. The summed E-state index contributed by atoms with van der Waals surface area (Å²) in [5.74, 6) is 0.485. The third-order valence-corrected chi connectivity index (χ3v) is 3.79. The summed E-state index contributed by atoms with van der Waals surface area (Å²) in [6.45, 7) is 7.66. The van der Waals surface area contributed by atoms with Gasteiger partial charge < -0.3 is 15.8 Å². The molecule has 0 aromatic carbocycles. The molecule has 1 unspecified atom stereocenters. The van der Waals surface area contributed by atoms with Crippen LogP contribution < -0.4 is 11.1 Å². The third kappa shape index (κ3) is 5.67. The van der Waals surface area contributed by atoms with Crippen LogP contribution in [-0.4, -0.2) is 30.7 Å². The summed E-state index contributed by atoms with van der Waals surface area (Å²) in [5.41, 5.74) is 5.48. The molecule has 5 heteroatoms. The lowest BCUT2D eigenvalue weighted by Crippen LogP contribution is -2.52. The maximum absolute atomic E-state index is 12.0. The van der Waals surface area contributed by atoms with E-state index in [1.807, 2.05) is 6.92 Å². The number of carbonyl (C=O) groups excluding carboxylic acids is 1. The van der Waals surface area contributed by atoms with Crippen LogP contribution in [0.25, 0.3) is 0 Å². The lowest BCUT2D eigenvalue weighted by Gasteiger charge is -2.24. The molecule has 3 N–H and O–H groups in total. The molecule has 0 radical (unpaired) electrons. The Morgan fingerprint density at radius 2 is 1.95 bits per heavy atom. The molecule has 0 saturated heterocycles. The van der Waals surface area contributed by atoms with Crippen LogP contribution in [0.3, 0.4) is 0 Å². The van der Waals surface area contributed by atoms with E-state index in [4.69, 9.17) is 10.5 Å². The first-order valence-electron chi connectivity index (χ1n) is 7.18. The summed E-state index contributed by atoms with van der Waals surface area (Å²) in [6, 6.07) is 0. The van der Waals surface area contributed by atoms with Crippen LogP contribution in [0.5, 0.6) is 0 Å². The molecule has 19 heavy (non-hydrogen) atoms. The topological polar surface area (TPSA) is 64.3 Å². The highest BCUT2D eigenvalue weighted by Crippen LogP contribution is 2.27. The van der Waals surface area contributed by atoms with E-state index in [0.717, 1.165) is 38.7 Å². The first kappa shape index (κ1) is 18.7. The molecule has 0 aromatic rings.